The summed E-state index contributed by atoms with van der Waals surface area (Å²) < 4.78 is 15.2. The Morgan fingerprint density at radius 2 is 1.76 bits per heavy atom. The van der Waals surface area contributed by atoms with Crippen molar-refractivity contribution in [3.8, 4) is 5.75 Å². The van der Waals surface area contributed by atoms with Crippen LogP contribution in [-0.2, 0) is 9.47 Å². The zero-order chi connectivity index (χ0) is 12.7. The smallest absolute Gasteiger partial charge is 0.222 e. The van der Waals surface area contributed by atoms with Crippen molar-refractivity contribution in [2.75, 3.05) is 20.8 Å². The van der Waals surface area contributed by atoms with Crippen LogP contribution in [0.3, 0.4) is 0 Å². The Morgan fingerprint density at radius 1 is 1.18 bits per heavy atom. The standard InChI is InChI=1S/C13H18O4/c1-4-9-17-11-7-5-10(6-8-11)12(14)13(15-2)16-3/h5-8,13H,4,9H2,1-3H3. The summed E-state index contributed by atoms with van der Waals surface area (Å²) in [7, 11) is 2.87. The second-order valence-electron chi connectivity index (χ2n) is 3.54. The van der Waals surface area contributed by atoms with E-state index in [9.17, 15) is 4.79 Å². The largest absolute Gasteiger partial charge is 0.494 e. The van der Waals surface area contributed by atoms with Gasteiger partial charge in [0.2, 0.25) is 12.1 Å². The summed E-state index contributed by atoms with van der Waals surface area (Å²) in [5.74, 6) is 0.562. The first-order valence-electron chi connectivity index (χ1n) is 5.55. The zero-order valence-electron chi connectivity index (χ0n) is 10.4. The predicted molar refractivity (Wildman–Crippen MR) is 64.4 cm³/mol. The molecule has 0 unspecified atom stereocenters. The molecule has 4 heteroatoms. The molecule has 94 valence electrons. The van der Waals surface area contributed by atoms with Crippen LogP contribution in [0.15, 0.2) is 24.3 Å². The third-order valence-corrected chi connectivity index (χ3v) is 2.25. The van der Waals surface area contributed by atoms with E-state index in [0.29, 0.717) is 12.2 Å². The molecule has 17 heavy (non-hydrogen) atoms. The van der Waals surface area contributed by atoms with Crippen LogP contribution in [0.25, 0.3) is 0 Å². The lowest BCUT2D eigenvalue weighted by atomic mass is 10.1. The molecular weight excluding hydrogens is 220 g/mol. The maximum atomic E-state index is 11.8. The molecule has 0 amide bonds. The van der Waals surface area contributed by atoms with E-state index in [1.165, 1.54) is 14.2 Å². The van der Waals surface area contributed by atoms with E-state index >= 15 is 0 Å². The lowest BCUT2D eigenvalue weighted by Gasteiger charge is -2.12. The highest BCUT2D eigenvalue weighted by molar-refractivity contribution is 5.98. The first-order valence-corrected chi connectivity index (χ1v) is 5.55. The number of hydrogen-bond donors (Lipinski definition) is 0. The van der Waals surface area contributed by atoms with Crippen LogP contribution in [0, 0.1) is 0 Å². The van der Waals surface area contributed by atoms with Gasteiger partial charge in [0.1, 0.15) is 5.75 Å². The van der Waals surface area contributed by atoms with Gasteiger partial charge < -0.3 is 14.2 Å². The van der Waals surface area contributed by atoms with E-state index in [-0.39, 0.29) is 5.78 Å². The first kappa shape index (κ1) is 13.7. The fourth-order valence-electron chi connectivity index (χ4n) is 1.38. The maximum absolute atomic E-state index is 11.8. The Morgan fingerprint density at radius 3 is 2.24 bits per heavy atom. The minimum absolute atomic E-state index is 0.197. The van der Waals surface area contributed by atoms with Crippen molar-refractivity contribution in [3.05, 3.63) is 29.8 Å². The highest BCUT2D eigenvalue weighted by atomic mass is 16.7. The lowest BCUT2D eigenvalue weighted by Crippen LogP contribution is -2.24. The maximum Gasteiger partial charge on any atom is 0.222 e. The molecule has 0 fully saturated rings. The van der Waals surface area contributed by atoms with Crippen LogP contribution in [-0.4, -0.2) is 32.9 Å². The predicted octanol–water partition coefficient (Wildman–Crippen LogP) is 2.28. The summed E-state index contributed by atoms with van der Waals surface area (Å²) in [5.41, 5.74) is 0.544. The van der Waals surface area contributed by atoms with Crippen molar-refractivity contribution in [2.24, 2.45) is 0 Å². The molecule has 0 atom stereocenters. The summed E-state index contributed by atoms with van der Waals surface area (Å²) in [4.78, 5) is 11.8. The van der Waals surface area contributed by atoms with E-state index in [1.807, 2.05) is 6.92 Å². The molecule has 0 aromatic heterocycles. The van der Waals surface area contributed by atoms with Gasteiger partial charge in [-0.25, -0.2) is 0 Å². The van der Waals surface area contributed by atoms with E-state index in [0.717, 1.165) is 12.2 Å². The highest BCUT2D eigenvalue weighted by Gasteiger charge is 2.18. The summed E-state index contributed by atoms with van der Waals surface area (Å²) in [6.07, 6.45) is 0.105. The van der Waals surface area contributed by atoms with Gasteiger partial charge in [-0.3, -0.25) is 4.79 Å². The van der Waals surface area contributed by atoms with Gasteiger partial charge in [-0.2, -0.15) is 0 Å². The molecule has 0 saturated carbocycles. The van der Waals surface area contributed by atoms with Gasteiger partial charge in [0.25, 0.3) is 0 Å². The van der Waals surface area contributed by atoms with Crippen LogP contribution in [0.5, 0.6) is 5.75 Å². The van der Waals surface area contributed by atoms with Gasteiger partial charge in [-0.1, -0.05) is 6.92 Å². The molecule has 0 aliphatic carbocycles. The summed E-state index contributed by atoms with van der Waals surface area (Å²) in [6.45, 7) is 2.71. The minimum Gasteiger partial charge on any atom is -0.494 e. The Balaban J connectivity index is 2.69. The molecular formula is C13H18O4. The van der Waals surface area contributed by atoms with Crippen LogP contribution in [0.2, 0.25) is 0 Å². The minimum atomic E-state index is -0.850. The lowest BCUT2D eigenvalue weighted by molar-refractivity contribution is -0.0742. The SMILES string of the molecule is CCCOc1ccc(C(=O)C(OC)OC)cc1. The molecule has 4 nitrogen and oxygen atoms in total. The van der Waals surface area contributed by atoms with Gasteiger partial charge in [-0.15, -0.1) is 0 Å². The van der Waals surface area contributed by atoms with Crippen LogP contribution < -0.4 is 4.74 Å². The zero-order valence-corrected chi connectivity index (χ0v) is 10.4. The topological polar surface area (TPSA) is 44.8 Å². The van der Waals surface area contributed by atoms with E-state index < -0.39 is 6.29 Å². The van der Waals surface area contributed by atoms with Crippen LogP contribution in [0.1, 0.15) is 23.7 Å². The molecule has 0 bridgehead atoms. The van der Waals surface area contributed by atoms with E-state index in [2.05, 4.69) is 0 Å². The molecule has 0 aliphatic rings. The summed E-state index contributed by atoms with van der Waals surface area (Å²) in [5, 5.41) is 0. The van der Waals surface area contributed by atoms with E-state index in [1.54, 1.807) is 24.3 Å². The summed E-state index contributed by atoms with van der Waals surface area (Å²) in [6, 6.07) is 6.95. The first-order chi connectivity index (χ1) is 8.22. The van der Waals surface area contributed by atoms with Crippen LogP contribution >= 0.6 is 0 Å². The number of ether oxygens (including phenoxy) is 3. The van der Waals surface area contributed by atoms with Crippen molar-refractivity contribution in [1.29, 1.82) is 0 Å². The number of carbonyl (C=O) groups excluding carboxylic acids is 1. The molecule has 0 N–H and O–H groups in total. The number of rotatable bonds is 7. The molecule has 1 rings (SSSR count). The monoisotopic (exact) mass is 238 g/mol. The summed E-state index contributed by atoms with van der Waals surface area (Å²) >= 11 is 0. The molecule has 0 radical (unpaired) electrons. The fraction of sp³-hybridized carbons (Fsp3) is 0.462. The van der Waals surface area contributed by atoms with Gasteiger partial charge in [0, 0.05) is 19.8 Å². The van der Waals surface area contributed by atoms with Gasteiger partial charge in [-0.05, 0) is 30.7 Å². The number of Topliss-reactive ketones (excluding diaryl/α,β-unsaturated/α-hetero) is 1. The van der Waals surface area contributed by atoms with Crippen molar-refractivity contribution < 1.29 is 19.0 Å². The van der Waals surface area contributed by atoms with Crippen molar-refractivity contribution in [1.82, 2.24) is 0 Å². The number of methoxy groups -OCH3 is 2. The molecule has 0 saturated heterocycles. The molecule has 1 aromatic rings. The van der Waals surface area contributed by atoms with Crippen molar-refractivity contribution in [3.63, 3.8) is 0 Å². The van der Waals surface area contributed by atoms with E-state index in [4.69, 9.17) is 14.2 Å². The number of carbonyl (C=O) groups is 1. The number of ketones is 1. The fourth-order valence-corrected chi connectivity index (χ4v) is 1.38. The van der Waals surface area contributed by atoms with Gasteiger partial charge in [0.15, 0.2) is 0 Å². The van der Waals surface area contributed by atoms with Crippen molar-refractivity contribution in [2.45, 2.75) is 19.6 Å². The second kappa shape index (κ2) is 7.04. The normalized spacial score (nSPS) is 10.6. The molecule has 0 heterocycles. The van der Waals surface area contributed by atoms with Gasteiger partial charge >= 0.3 is 0 Å². The average molecular weight is 238 g/mol. The third kappa shape index (κ3) is 3.84. The second-order valence-corrected chi connectivity index (χ2v) is 3.54. The highest BCUT2D eigenvalue weighted by Crippen LogP contribution is 2.14. The van der Waals surface area contributed by atoms with Crippen molar-refractivity contribution >= 4 is 5.78 Å². The number of hydrogen-bond acceptors (Lipinski definition) is 4. The molecule has 0 aliphatic heterocycles. The quantitative estimate of drug-likeness (QED) is 0.540. The Hall–Kier alpha value is -1.39. The van der Waals surface area contributed by atoms with Gasteiger partial charge in [0.05, 0.1) is 6.61 Å². The molecule has 1 aromatic carbocycles. The third-order valence-electron chi connectivity index (χ3n) is 2.25. The molecule has 0 spiro atoms. The number of benzene rings is 1. The Labute approximate surface area is 101 Å². The van der Waals surface area contributed by atoms with Crippen LogP contribution in [0.4, 0.5) is 0 Å². The average Bonchev–Trinajstić information content (AvgIpc) is 2.38. The Bertz CT molecular complexity index is 341. The Kier molecular flexibility index (Phi) is 5.66.